The summed E-state index contributed by atoms with van der Waals surface area (Å²) in [6.45, 7) is 16.3. The van der Waals surface area contributed by atoms with E-state index in [2.05, 4.69) is 95.4 Å². The lowest BCUT2D eigenvalue weighted by molar-refractivity contribution is 0.0696. The van der Waals surface area contributed by atoms with Gasteiger partial charge >= 0.3 is 5.97 Å². The number of aliphatic hydroxyl groups is 1. The van der Waals surface area contributed by atoms with Crippen molar-refractivity contribution in [1.29, 1.82) is 0 Å². The van der Waals surface area contributed by atoms with E-state index < -0.39 is 5.97 Å². The Kier molecular flexibility index (Phi) is 14.1. The van der Waals surface area contributed by atoms with E-state index in [0.717, 1.165) is 50.1 Å². The maximum atomic E-state index is 11.3. The van der Waals surface area contributed by atoms with Gasteiger partial charge in [0.05, 0.1) is 12.2 Å². The van der Waals surface area contributed by atoms with Gasteiger partial charge in [-0.1, -0.05) is 126 Å². The number of aromatic carboxylic acids is 1. The minimum atomic E-state index is -0.894. The highest BCUT2D eigenvalue weighted by Gasteiger charge is 2.10. The van der Waals surface area contributed by atoms with Crippen molar-refractivity contribution in [3.05, 3.63) is 164 Å². The molecular weight excluding hydrogens is 528 g/mol. The molecule has 43 heavy (non-hydrogen) atoms. The number of carboxylic acids is 1. The molecule has 0 saturated heterocycles. The second-order valence-electron chi connectivity index (χ2n) is 10.9. The lowest BCUT2D eigenvalue weighted by Crippen LogP contribution is -2.02. The summed E-state index contributed by atoms with van der Waals surface area (Å²) in [6, 6.07) is 7.57. The number of carboxylic acid groups (broad SMARTS) is 1. The minimum Gasteiger partial charge on any atom is -0.478 e. The molecule has 0 aromatic heterocycles. The van der Waals surface area contributed by atoms with E-state index in [0.29, 0.717) is 5.56 Å². The van der Waals surface area contributed by atoms with Gasteiger partial charge in [0.1, 0.15) is 0 Å². The topological polar surface area (TPSA) is 57.5 Å². The molecule has 0 aliphatic carbocycles. The maximum absolute atomic E-state index is 11.3. The summed E-state index contributed by atoms with van der Waals surface area (Å²) in [6.07, 6.45) is 28.9. The third-order valence-corrected chi connectivity index (χ3v) is 7.49. The number of allylic oxidation sites excluding steroid dienone is 16. The van der Waals surface area contributed by atoms with E-state index in [1.165, 1.54) is 11.1 Å². The van der Waals surface area contributed by atoms with E-state index in [1.807, 2.05) is 63.3 Å². The largest absolute Gasteiger partial charge is 0.478 e. The number of hydrogen-bond acceptors (Lipinski definition) is 2. The fourth-order valence-corrected chi connectivity index (χ4v) is 4.29. The van der Waals surface area contributed by atoms with Crippen LogP contribution in [0.3, 0.4) is 0 Å². The van der Waals surface area contributed by atoms with Crippen molar-refractivity contribution in [3.8, 4) is 0 Å². The molecule has 0 fully saturated rings. The van der Waals surface area contributed by atoms with E-state index in [-0.39, 0.29) is 6.61 Å². The van der Waals surface area contributed by atoms with E-state index in [9.17, 15) is 15.0 Å². The van der Waals surface area contributed by atoms with Crippen molar-refractivity contribution >= 4 is 18.1 Å². The molecule has 3 nitrogen and oxygen atoms in total. The Morgan fingerprint density at radius 1 is 0.581 bits per heavy atom. The van der Waals surface area contributed by atoms with Crippen LogP contribution in [-0.4, -0.2) is 16.2 Å². The third kappa shape index (κ3) is 11.4. The van der Waals surface area contributed by atoms with Crippen molar-refractivity contribution in [3.63, 3.8) is 0 Å². The molecule has 0 aliphatic rings. The summed E-state index contributed by atoms with van der Waals surface area (Å²) in [5, 5.41) is 18.7. The maximum Gasteiger partial charge on any atom is 0.335 e. The van der Waals surface area contributed by atoms with Gasteiger partial charge in [-0.15, -0.1) is 0 Å². The van der Waals surface area contributed by atoms with Crippen molar-refractivity contribution in [2.24, 2.45) is 0 Å². The van der Waals surface area contributed by atoms with Crippen LogP contribution in [0, 0.1) is 27.7 Å². The summed E-state index contributed by atoms with van der Waals surface area (Å²) in [7, 11) is 0. The zero-order chi connectivity index (χ0) is 31.9. The third-order valence-electron chi connectivity index (χ3n) is 7.49. The predicted molar refractivity (Wildman–Crippen MR) is 185 cm³/mol. The van der Waals surface area contributed by atoms with E-state index in [4.69, 9.17) is 0 Å². The molecular formula is C40H46O3. The first-order valence-corrected chi connectivity index (χ1v) is 14.6. The van der Waals surface area contributed by atoms with Crippen LogP contribution in [-0.2, 0) is 6.61 Å². The number of benzene rings is 2. The number of rotatable bonds is 12. The molecule has 2 aromatic rings. The quantitative estimate of drug-likeness (QED) is 0.248. The Labute approximate surface area is 258 Å². The summed E-state index contributed by atoms with van der Waals surface area (Å²) < 4.78 is 0. The molecule has 0 unspecified atom stereocenters. The first kappa shape index (κ1) is 34.7. The van der Waals surface area contributed by atoms with Gasteiger partial charge in [-0.25, -0.2) is 4.79 Å². The van der Waals surface area contributed by atoms with Gasteiger partial charge in [0.2, 0.25) is 0 Å². The smallest absolute Gasteiger partial charge is 0.335 e. The lowest BCUT2D eigenvalue weighted by Gasteiger charge is -2.09. The Morgan fingerprint density at radius 2 is 1.00 bits per heavy atom. The summed E-state index contributed by atoms with van der Waals surface area (Å²) in [5.74, 6) is -0.894. The highest BCUT2D eigenvalue weighted by molar-refractivity contribution is 5.90. The fourth-order valence-electron chi connectivity index (χ4n) is 4.29. The minimum absolute atomic E-state index is 0.0719. The fraction of sp³-hybridized carbons (Fsp3) is 0.225. The highest BCUT2D eigenvalue weighted by Crippen LogP contribution is 2.21. The molecule has 0 saturated carbocycles. The predicted octanol–water partition coefficient (Wildman–Crippen LogP) is 10.3. The van der Waals surface area contributed by atoms with Crippen LogP contribution >= 0.6 is 0 Å². The Hall–Kier alpha value is -4.47. The zero-order valence-corrected chi connectivity index (χ0v) is 26.9. The number of carbonyl (C=O) groups is 1. The molecule has 3 heteroatoms. The summed E-state index contributed by atoms with van der Waals surface area (Å²) in [5.41, 5.74) is 12.2. The van der Waals surface area contributed by atoms with E-state index >= 15 is 0 Å². The molecule has 2 rings (SSSR count). The van der Waals surface area contributed by atoms with Crippen LogP contribution in [0.2, 0.25) is 0 Å². The van der Waals surface area contributed by atoms with Gasteiger partial charge in [0.25, 0.3) is 0 Å². The van der Waals surface area contributed by atoms with Gasteiger partial charge in [-0.05, 0) is 100 Å². The normalized spacial score (nSPS) is 14.1. The van der Waals surface area contributed by atoms with Crippen LogP contribution in [0.4, 0.5) is 0 Å². The molecule has 2 N–H and O–H groups in total. The monoisotopic (exact) mass is 574 g/mol. The van der Waals surface area contributed by atoms with Crippen molar-refractivity contribution in [2.45, 2.75) is 62.0 Å². The average molecular weight is 575 g/mol. The molecule has 224 valence electrons. The summed E-state index contributed by atoms with van der Waals surface area (Å²) >= 11 is 0. The van der Waals surface area contributed by atoms with Gasteiger partial charge in [0, 0.05) is 0 Å². The van der Waals surface area contributed by atoms with Crippen molar-refractivity contribution in [1.82, 2.24) is 0 Å². The van der Waals surface area contributed by atoms with Gasteiger partial charge in [0.15, 0.2) is 0 Å². The van der Waals surface area contributed by atoms with Gasteiger partial charge < -0.3 is 10.2 Å². The molecule has 0 aliphatic heterocycles. The van der Waals surface area contributed by atoms with Gasteiger partial charge in [-0.2, -0.15) is 0 Å². The second-order valence-corrected chi connectivity index (χ2v) is 10.9. The number of hydrogen-bond donors (Lipinski definition) is 2. The lowest BCUT2D eigenvalue weighted by atomic mass is 9.97. The van der Waals surface area contributed by atoms with Crippen LogP contribution in [0.5, 0.6) is 0 Å². The molecule has 0 amide bonds. The first-order valence-electron chi connectivity index (χ1n) is 14.6. The molecule has 0 radical (unpaired) electrons. The molecule has 0 bridgehead atoms. The Morgan fingerprint density at radius 3 is 1.47 bits per heavy atom. The average Bonchev–Trinajstić information content (AvgIpc) is 2.96. The molecule has 2 aromatic carbocycles. The van der Waals surface area contributed by atoms with Crippen molar-refractivity contribution in [2.75, 3.05) is 0 Å². The standard InChI is InChI=1S/C40H46O3/c1-28(15-11-17-30(3)19-21-36-23-24-38(27-41)33(6)32(36)5)13-9-10-14-29(2)16-12-18-31(4)20-22-37-25-26-39(40(42)43)35(8)34(37)7/h9-26,41H,27H2,1-8H3,(H,42,43)/b10-9+,15-11+,16-12+,21-19+,22-20+,28-13+,29-14+,30-17+,31-18+. The zero-order valence-electron chi connectivity index (χ0n) is 26.9. The SMILES string of the molecule is CC(/C=C/C=C(C)/C=C/c1ccc(CO)c(C)c1C)=C\C=C\C=C(C)\C=C\C=C(C)\C=C\c1ccc(C(=O)O)c(C)c1C. The van der Waals surface area contributed by atoms with Crippen molar-refractivity contribution < 1.29 is 15.0 Å². The van der Waals surface area contributed by atoms with Crippen LogP contribution in [0.15, 0.2) is 119 Å². The van der Waals surface area contributed by atoms with Crippen LogP contribution < -0.4 is 0 Å². The van der Waals surface area contributed by atoms with Gasteiger partial charge in [-0.3, -0.25) is 0 Å². The summed E-state index contributed by atoms with van der Waals surface area (Å²) in [4.78, 5) is 11.3. The van der Waals surface area contributed by atoms with E-state index in [1.54, 1.807) is 6.07 Å². The first-order chi connectivity index (χ1) is 20.4. The Balaban J connectivity index is 1.91. The van der Waals surface area contributed by atoms with Crippen LogP contribution in [0.1, 0.15) is 77.0 Å². The Bertz CT molecular complexity index is 1580. The molecule has 0 atom stereocenters. The number of aliphatic hydroxyl groups excluding tert-OH is 1. The highest BCUT2D eigenvalue weighted by atomic mass is 16.4. The second kappa shape index (κ2) is 17.5. The van der Waals surface area contributed by atoms with Crippen LogP contribution in [0.25, 0.3) is 12.2 Å². The molecule has 0 heterocycles. The molecule has 0 spiro atoms.